The number of rotatable bonds is 5. The summed E-state index contributed by atoms with van der Waals surface area (Å²) in [4.78, 5) is 0.224. The average molecular weight is 428 g/mol. The van der Waals surface area contributed by atoms with Crippen LogP contribution in [0.25, 0.3) is 0 Å². The highest BCUT2D eigenvalue weighted by Gasteiger charge is 2.44. The van der Waals surface area contributed by atoms with Crippen molar-refractivity contribution >= 4 is 15.7 Å². The lowest BCUT2D eigenvalue weighted by atomic mass is 9.88. The van der Waals surface area contributed by atoms with Crippen LogP contribution in [0.3, 0.4) is 0 Å². The number of hydrogen-bond donors (Lipinski definition) is 1. The van der Waals surface area contributed by atoms with Gasteiger partial charge in [-0.1, -0.05) is 6.07 Å². The van der Waals surface area contributed by atoms with Gasteiger partial charge in [-0.3, -0.25) is 0 Å². The van der Waals surface area contributed by atoms with Gasteiger partial charge in [-0.25, -0.2) is 8.42 Å². The summed E-state index contributed by atoms with van der Waals surface area (Å²) in [7, 11) is -1.92. The molecule has 1 atom stereocenters. The van der Waals surface area contributed by atoms with E-state index in [1.54, 1.807) is 7.11 Å². The fraction of sp³-hybridized carbons (Fsp3) is 0.409. The van der Waals surface area contributed by atoms with Gasteiger partial charge < -0.3 is 14.8 Å². The first kappa shape index (κ1) is 20.7. The van der Waals surface area contributed by atoms with Crippen LogP contribution >= 0.6 is 0 Å². The Morgan fingerprint density at radius 2 is 1.93 bits per heavy atom. The van der Waals surface area contributed by atoms with E-state index in [2.05, 4.69) is 5.32 Å². The van der Waals surface area contributed by atoms with E-state index < -0.39 is 10.0 Å². The molecule has 0 aliphatic carbocycles. The fourth-order valence-corrected chi connectivity index (χ4v) is 5.66. The number of piperidine rings is 1. The molecule has 0 saturated carbocycles. The van der Waals surface area contributed by atoms with Crippen LogP contribution in [0.4, 0.5) is 5.69 Å². The Labute approximate surface area is 177 Å². The highest BCUT2D eigenvalue weighted by Crippen LogP contribution is 2.38. The van der Waals surface area contributed by atoms with E-state index in [0.717, 1.165) is 17.9 Å². The van der Waals surface area contributed by atoms with E-state index in [0.29, 0.717) is 38.1 Å². The van der Waals surface area contributed by atoms with Gasteiger partial charge >= 0.3 is 0 Å². The molecule has 1 unspecified atom stereocenters. The molecule has 0 amide bonds. The minimum atomic E-state index is -3.56. The summed E-state index contributed by atoms with van der Waals surface area (Å²) in [5.41, 5.74) is 1.15. The van der Waals surface area contributed by atoms with Crippen molar-refractivity contribution in [3.8, 4) is 11.8 Å². The van der Waals surface area contributed by atoms with E-state index in [1.807, 2.05) is 30.3 Å². The van der Waals surface area contributed by atoms with Gasteiger partial charge in [0, 0.05) is 24.8 Å². The van der Waals surface area contributed by atoms with Crippen LogP contribution in [0.1, 0.15) is 24.8 Å². The first-order valence-electron chi connectivity index (χ1n) is 9.99. The molecule has 158 valence electrons. The predicted molar refractivity (Wildman–Crippen MR) is 113 cm³/mol. The number of benzene rings is 2. The monoisotopic (exact) mass is 427 g/mol. The molecule has 2 heterocycles. The van der Waals surface area contributed by atoms with Crippen LogP contribution in [0.5, 0.6) is 5.75 Å². The molecule has 0 radical (unpaired) electrons. The van der Waals surface area contributed by atoms with Crippen molar-refractivity contribution in [3.05, 3.63) is 54.1 Å². The van der Waals surface area contributed by atoms with Crippen molar-refractivity contribution in [2.24, 2.45) is 0 Å². The second kappa shape index (κ2) is 8.26. The van der Waals surface area contributed by atoms with E-state index >= 15 is 0 Å². The van der Waals surface area contributed by atoms with Gasteiger partial charge in [0.1, 0.15) is 5.75 Å². The van der Waals surface area contributed by atoms with Gasteiger partial charge in [0.15, 0.2) is 0 Å². The van der Waals surface area contributed by atoms with Crippen molar-refractivity contribution in [1.82, 2.24) is 4.31 Å². The van der Waals surface area contributed by atoms with Gasteiger partial charge in [0.2, 0.25) is 10.0 Å². The average Bonchev–Trinajstić information content (AvgIpc) is 3.15. The molecular formula is C22H25N3O4S. The largest absolute Gasteiger partial charge is 0.497 e. The topological polar surface area (TPSA) is 91.7 Å². The molecule has 4 rings (SSSR count). The van der Waals surface area contributed by atoms with E-state index in [4.69, 9.17) is 14.7 Å². The lowest BCUT2D eigenvalue weighted by Gasteiger charge is -2.38. The minimum absolute atomic E-state index is 0.179. The quantitative estimate of drug-likeness (QED) is 0.789. The molecule has 2 aliphatic rings. The van der Waals surface area contributed by atoms with Crippen LogP contribution in [0.15, 0.2) is 53.4 Å². The number of nitrogens with one attached hydrogen (secondary N) is 1. The maximum atomic E-state index is 12.9. The Bertz CT molecular complexity index is 1040. The molecule has 1 N–H and O–H groups in total. The second-order valence-corrected chi connectivity index (χ2v) is 9.75. The third-order valence-electron chi connectivity index (χ3n) is 5.90. The molecule has 0 aromatic heterocycles. The van der Waals surface area contributed by atoms with Crippen molar-refractivity contribution in [3.63, 3.8) is 0 Å². The number of nitrogens with zero attached hydrogens (tertiary/aromatic N) is 2. The van der Waals surface area contributed by atoms with E-state index in [-0.39, 0.29) is 16.5 Å². The molecule has 7 nitrogen and oxygen atoms in total. The number of anilines is 1. The highest BCUT2D eigenvalue weighted by atomic mass is 32.2. The standard InChI is InChI=1S/C22H25N3O4S/c1-28-20-4-2-3-18(13-20)24-19-14-22(29-16-19)9-11-25(12-10-22)30(26,27)21-7-5-17(15-23)6-8-21/h2-8,13,19,24H,9-12,14,16H2,1H3. The Morgan fingerprint density at radius 1 is 1.20 bits per heavy atom. The molecule has 2 aromatic rings. The number of nitriles is 1. The molecule has 2 fully saturated rings. The number of ether oxygens (including phenoxy) is 2. The zero-order valence-corrected chi connectivity index (χ0v) is 17.7. The SMILES string of the molecule is COc1cccc(NC2COC3(CCN(S(=O)(=O)c4ccc(C#N)cc4)CC3)C2)c1. The van der Waals surface area contributed by atoms with Crippen LogP contribution in [-0.2, 0) is 14.8 Å². The normalized spacial score (nSPS) is 21.3. The zero-order valence-electron chi connectivity index (χ0n) is 16.9. The van der Waals surface area contributed by atoms with Gasteiger partial charge in [-0.15, -0.1) is 0 Å². The Kier molecular flexibility index (Phi) is 5.69. The first-order chi connectivity index (χ1) is 14.4. The maximum absolute atomic E-state index is 12.9. The van der Waals surface area contributed by atoms with Crippen molar-refractivity contribution in [1.29, 1.82) is 5.26 Å². The Balaban J connectivity index is 1.37. The van der Waals surface area contributed by atoms with E-state index in [9.17, 15) is 8.42 Å². The van der Waals surface area contributed by atoms with Crippen LogP contribution in [0.2, 0.25) is 0 Å². The summed E-state index contributed by atoms with van der Waals surface area (Å²) >= 11 is 0. The number of sulfonamides is 1. The van der Waals surface area contributed by atoms with Gasteiger partial charge in [0.25, 0.3) is 0 Å². The third-order valence-corrected chi connectivity index (χ3v) is 7.82. The van der Waals surface area contributed by atoms with Gasteiger partial charge in [-0.2, -0.15) is 9.57 Å². The van der Waals surface area contributed by atoms with Gasteiger partial charge in [-0.05, 0) is 55.7 Å². The van der Waals surface area contributed by atoms with Crippen molar-refractivity contribution < 1.29 is 17.9 Å². The smallest absolute Gasteiger partial charge is 0.243 e. The number of methoxy groups -OCH3 is 1. The number of hydrogen-bond acceptors (Lipinski definition) is 6. The van der Waals surface area contributed by atoms with Crippen LogP contribution < -0.4 is 10.1 Å². The molecule has 2 aliphatic heterocycles. The highest BCUT2D eigenvalue weighted by molar-refractivity contribution is 7.89. The fourth-order valence-electron chi connectivity index (χ4n) is 4.22. The molecule has 2 saturated heterocycles. The summed E-state index contributed by atoms with van der Waals surface area (Å²) in [6, 6.07) is 16.1. The molecule has 30 heavy (non-hydrogen) atoms. The predicted octanol–water partition coefficient (Wildman–Crippen LogP) is 2.99. The summed E-state index contributed by atoms with van der Waals surface area (Å²) in [5, 5.41) is 12.4. The lowest BCUT2D eigenvalue weighted by Crippen LogP contribution is -2.46. The van der Waals surface area contributed by atoms with Crippen molar-refractivity contribution in [2.45, 2.75) is 35.8 Å². The molecule has 1 spiro atoms. The first-order valence-corrected chi connectivity index (χ1v) is 11.4. The summed E-state index contributed by atoms with van der Waals surface area (Å²) in [6.07, 6.45) is 2.17. The molecule has 0 bridgehead atoms. The van der Waals surface area contributed by atoms with Gasteiger partial charge in [0.05, 0.1) is 41.9 Å². The van der Waals surface area contributed by atoms with Crippen LogP contribution in [0, 0.1) is 11.3 Å². The molecule has 8 heteroatoms. The summed E-state index contributed by atoms with van der Waals surface area (Å²) in [6.45, 7) is 1.45. The third kappa shape index (κ3) is 4.15. The van der Waals surface area contributed by atoms with E-state index in [1.165, 1.54) is 28.6 Å². The zero-order chi connectivity index (χ0) is 21.2. The molecule has 2 aromatic carbocycles. The Hall–Kier alpha value is -2.60. The summed E-state index contributed by atoms with van der Waals surface area (Å²) < 4.78 is 38.8. The molecular weight excluding hydrogens is 402 g/mol. The van der Waals surface area contributed by atoms with Crippen LogP contribution in [-0.4, -0.2) is 51.2 Å². The Morgan fingerprint density at radius 3 is 2.60 bits per heavy atom. The second-order valence-electron chi connectivity index (χ2n) is 7.81. The van der Waals surface area contributed by atoms with Crippen molar-refractivity contribution in [2.75, 3.05) is 32.1 Å². The lowest BCUT2D eigenvalue weighted by molar-refractivity contribution is -0.0310. The minimum Gasteiger partial charge on any atom is -0.497 e. The summed E-state index contributed by atoms with van der Waals surface area (Å²) in [5.74, 6) is 0.801. The maximum Gasteiger partial charge on any atom is 0.243 e.